The maximum absolute atomic E-state index is 12.7. The second kappa shape index (κ2) is 10.2. The molecule has 1 aromatic carbocycles. The molecule has 24 heavy (non-hydrogen) atoms. The summed E-state index contributed by atoms with van der Waals surface area (Å²) in [7, 11) is 0. The molecule has 1 unspecified atom stereocenters. The van der Waals surface area contributed by atoms with E-state index in [1.54, 1.807) is 17.0 Å². The first-order valence-corrected chi connectivity index (χ1v) is 8.15. The summed E-state index contributed by atoms with van der Waals surface area (Å²) in [5.41, 5.74) is 6.00. The van der Waals surface area contributed by atoms with Gasteiger partial charge >= 0.3 is 0 Å². The van der Waals surface area contributed by atoms with Crippen LogP contribution in [0, 0.1) is 5.92 Å². The molecule has 6 nitrogen and oxygen atoms in total. The van der Waals surface area contributed by atoms with Gasteiger partial charge in [0.15, 0.2) is 0 Å². The highest BCUT2D eigenvalue weighted by Crippen LogP contribution is 2.21. The molecule has 1 saturated heterocycles. The lowest BCUT2D eigenvalue weighted by molar-refractivity contribution is -0.126. The number of benzene rings is 1. The van der Waals surface area contributed by atoms with Crippen LogP contribution in [0.1, 0.15) is 30.1 Å². The topological polar surface area (TPSA) is 84.7 Å². The first-order valence-electron chi connectivity index (χ1n) is 8.15. The Balaban J connectivity index is 0.00000288. The number of rotatable bonds is 6. The average Bonchev–Trinajstić information content (AvgIpc) is 2.59. The third-order valence-electron chi connectivity index (χ3n) is 3.91. The van der Waals surface area contributed by atoms with Crippen LogP contribution >= 0.6 is 12.4 Å². The van der Waals surface area contributed by atoms with Crippen molar-refractivity contribution in [2.24, 2.45) is 11.7 Å². The summed E-state index contributed by atoms with van der Waals surface area (Å²) < 4.78 is 5.44. The molecular formula is C17H26ClN3O3. The molecule has 0 radical (unpaired) electrons. The Morgan fingerprint density at radius 3 is 2.92 bits per heavy atom. The minimum atomic E-state index is -0.158. The Labute approximate surface area is 149 Å². The van der Waals surface area contributed by atoms with Crippen LogP contribution in [-0.4, -0.2) is 49.5 Å². The number of hydrogen-bond donors (Lipinski definition) is 2. The van der Waals surface area contributed by atoms with E-state index in [0.29, 0.717) is 44.1 Å². The highest BCUT2D eigenvalue weighted by Gasteiger charge is 2.28. The monoisotopic (exact) mass is 355 g/mol. The Morgan fingerprint density at radius 1 is 1.42 bits per heavy atom. The molecule has 1 atom stereocenters. The Kier molecular flexibility index (Phi) is 8.57. The number of likely N-dealkylation sites (tertiary alicyclic amines) is 1. The van der Waals surface area contributed by atoms with Gasteiger partial charge in [-0.1, -0.05) is 6.07 Å². The molecule has 1 aliphatic heterocycles. The van der Waals surface area contributed by atoms with E-state index < -0.39 is 0 Å². The molecule has 3 N–H and O–H groups in total. The zero-order chi connectivity index (χ0) is 16.7. The largest absolute Gasteiger partial charge is 0.494 e. The summed E-state index contributed by atoms with van der Waals surface area (Å²) >= 11 is 0. The number of hydrogen-bond acceptors (Lipinski definition) is 4. The molecule has 1 aliphatic rings. The van der Waals surface area contributed by atoms with Gasteiger partial charge in [0.1, 0.15) is 5.75 Å². The fourth-order valence-corrected chi connectivity index (χ4v) is 2.78. The van der Waals surface area contributed by atoms with Crippen molar-refractivity contribution in [3.63, 3.8) is 0 Å². The number of carbonyl (C=O) groups excluding carboxylic acids is 2. The van der Waals surface area contributed by atoms with Crippen molar-refractivity contribution in [1.29, 1.82) is 0 Å². The van der Waals surface area contributed by atoms with Crippen LogP contribution in [0.5, 0.6) is 5.75 Å². The van der Waals surface area contributed by atoms with Gasteiger partial charge < -0.3 is 20.7 Å². The smallest absolute Gasteiger partial charge is 0.254 e. The number of nitrogens with one attached hydrogen (secondary N) is 1. The van der Waals surface area contributed by atoms with Crippen molar-refractivity contribution in [2.45, 2.75) is 19.8 Å². The summed E-state index contributed by atoms with van der Waals surface area (Å²) in [6, 6.07) is 7.18. The molecule has 1 aromatic rings. The van der Waals surface area contributed by atoms with Crippen molar-refractivity contribution in [2.75, 3.05) is 32.8 Å². The molecule has 1 heterocycles. The highest BCUT2D eigenvalue weighted by molar-refractivity contribution is 5.95. The van der Waals surface area contributed by atoms with Crippen molar-refractivity contribution in [3.05, 3.63) is 29.8 Å². The van der Waals surface area contributed by atoms with Crippen molar-refractivity contribution in [3.8, 4) is 5.75 Å². The van der Waals surface area contributed by atoms with Crippen LogP contribution < -0.4 is 15.8 Å². The number of nitrogens with zero attached hydrogens (tertiary/aromatic N) is 1. The van der Waals surface area contributed by atoms with E-state index in [-0.39, 0.29) is 30.1 Å². The summed E-state index contributed by atoms with van der Waals surface area (Å²) in [6.45, 7) is 4.49. The lowest BCUT2D eigenvalue weighted by atomic mass is 9.96. The number of nitrogens with two attached hydrogens (primary N) is 1. The molecule has 2 rings (SSSR count). The Morgan fingerprint density at radius 2 is 2.21 bits per heavy atom. The third kappa shape index (κ3) is 5.39. The molecule has 2 amide bonds. The molecule has 0 bridgehead atoms. The van der Waals surface area contributed by atoms with E-state index in [1.807, 2.05) is 19.1 Å². The number of halogens is 1. The normalized spacial score (nSPS) is 16.9. The zero-order valence-electron chi connectivity index (χ0n) is 14.0. The van der Waals surface area contributed by atoms with Crippen LogP contribution in [0.4, 0.5) is 0 Å². The minimum absolute atomic E-state index is 0. The van der Waals surface area contributed by atoms with Crippen LogP contribution in [0.25, 0.3) is 0 Å². The summed E-state index contributed by atoms with van der Waals surface area (Å²) in [5.74, 6) is 0.459. The third-order valence-corrected chi connectivity index (χ3v) is 3.91. The number of amides is 2. The van der Waals surface area contributed by atoms with Gasteiger partial charge in [0.2, 0.25) is 5.91 Å². The lowest BCUT2D eigenvalue weighted by Gasteiger charge is -2.32. The van der Waals surface area contributed by atoms with E-state index in [1.165, 1.54) is 0 Å². The van der Waals surface area contributed by atoms with E-state index >= 15 is 0 Å². The molecule has 0 spiro atoms. The van der Waals surface area contributed by atoms with Gasteiger partial charge in [-0.25, -0.2) is 0 Å². The highest BCUT2D eigenvalue weighted by atomic mass is 35.5. The van der Waals surface area contributed by atoms with Gasteiger partial charge in [0.25, 0.3) is 5.91 Å². The maximum atomic E-state index is 12.7. The van der Waals surface area contributed by atoms with E-state index in [2.05, 4.69) is 5.32 Å². The summed E-state index contributed by atoms with van der Waals surface area (Å²) in [5, 5.41) is 2.81. The van der Waals surface area contributed by atoms with Gasteiger partial charge in [-0.3, -0.25) is 9.59 Å². The first-order chi connectivity index (χ1) is 11.2. The summed E-state index contributed by atoms with van der Waals surface area (Å²) in [6.07, 6.45) is 1.64. The molecule has 134 valence electrons. The molecule has 0 saturated carbocycles. The lowest BCUT2D eigenvalue weighted by Crippen LogP contribution is -2.46. The SMILES string of the molecule is CCOc1cccc(C(=O)N2CCCC(C(=O)NCCN)C2)c1.Cl. The van der Waals surface area contributed by atoms with Crippen LogP contribution in [0.2, 0.25) is 0 Å². The standard InChI is InChI=1S/C17H25N3O3.ClH/c1-2-23-15-7-3-5-13(11-15)17(22)20-10-4-6-14(12-20)16(21)19-9-8-18;/h3,5,7,11,14H,2,4,6,8-10,12,18H2,1H3,(H,19,21);1H. The van der Waals surface area contributed by atoms with E-state index in [9.17, 15) is 9.59 Å². The Hall–Kier alpha value is -1.79. The van der Waals surface area contributed by atoms with Crippen molar-refractivity contribution < 1.29 is 14.3 Å². The van der Waals surface area contributed by atoms with Crippen LogP contribution in [0.3, 0.4) is 0 Å². The maximum Gasteiger partial charge on any atom is 0.254 e. The van der Waals surface area contributed by atoms with E-state index in [4.69, 9.17) is 10.5 Å². The first kappa shape index (κ1) is 20.3. The summed E-state index contributed by atoms with van der Waals surface area (Å²) in [4.78, 5) is 26.5. The van der Waals surface area contributed by atoms with Gasteiger partial charge in [0, 0.05) is 31.7 Å². The van der Waals surface area contributed by atoms with Gasteiger partial charge in [-0.15, -0.1) is 12.4 Å². The van der Waals surface area contributed by atoms with E-state index in [0.717, 1.165) is 12.8 Å². The predicted octanol–water partition coefficient (Wildman–Crippen LogP) is 1.43. The number of carbonyl (C=O) groups is 2. The van der Waals surface area contributed by atoms with Gasteiger partial charge in [-0.05, 0) is 38.0 Å². The van der Waals surface area contributed by atoms with Crippen LogP contribution in [-0.2, 0) is 4.79 Å². The fourth-order valence-electron chi connectivity index (χ4n) is 2.78. The molecule has 0 aromatic heterocycles. The van der Waals surface area contributed by atoms with Crippen molar-refractivity contribution in [1.82, 2.24) is 10.2 Å². The average molecular weight is 356 g/mol. The van der Waals surface area contributed by atoms with Gasteiger partial charge in [-0.2, -0.15) is 0 Å². The number of ether oxygens (including phenoxy) is 1. The second-order valence-corrected chi connectivity index (χ2v) is 5.63. The molecule has 0 aliphatic carbocycles. The number of piperidine rings is 1. The second-order valence-electron chi connectivity index (χ2n) is 5.63. The van der Waals surface area contributed by atoms with Gasteiger partial charge in [0.05, 0.1) is 12.5 Å². The van der Waals surface area contributed by atoms with Crippen molar-refractivity contribution >= 4 is 24.2 Å². The minimum Gasteiger partial charge on any atom is -0.494 e. The Bertz CT molecular complexity index is 554. The molecule has 7 heteroatoms. The fraction of sp³-hybridized carbons (Fsp3) is 0.529. The zero-order valence-corrected chi connectivity index (χ0v) is 14.8. The predicted molar refractivity (Wildman–Crippen MR) is 95.6 cm³/mol. The molecule has 1 fully saturated rings. The molecular weight excluding hydrogens is 330 g/mol. The quantitative estimate of drug-likeness (QED) is 0.808. The van der Waals surface area contributed by atoms with Crippen LogP contribution in [0.15, 0.2) is 24.3 Å².